The van der Waals surface area contributed by atoms with Gasteiger partial charge in [-0.15, -0.1) is 0 Å². The highest BCUT2D eigenvalue weighted by atomic mass is 16.5. The topological polar surface area (TPSA) is 125 Å². The monoisotopic (exact) mass is 448 g/mol. The summed E-state index contributed by atoms with van der Waals surface area (Å²) in [5.41, 5.74) is 4.54. The summed E-state index contributed by atoms with van der Waals surface area (Å²) in [6, 6.07) is 17.1. The molecule has 0 saturated carbocycles. The molecule has 0 unspecified atom stereocenters. The van der Waals surface area contributed by atoms with Crippen molar-refractivity contribution in [3.8, 4) is 11.1 Å². The standard InChI is InChI=1S/C24H24N4O5/c1-14(2)28(12-22(29)30)23(31)20-11-21(27-26-20)25-24(32)33-13-19-17-9-5-3-7-15(17)16-8-4-6-10-18(16)19/h3-11,14,19H,12-13H2,1-2H3,(H,29,30)(H2,25,26,27,32). The molecule has 170 valence electrons. The Morgan fingerprint density at radius 2 is 1.70 bits per heavy atom. The number of rotatable bonds is 7. The number of aliphatic carboxylic acids is 1. The number of H-pyrrole nitrogens is 1. The van der Waals surface area contributed by atoms with Crippen molar-refractivity contribution >= 4 is 23.8 Å². The fourth-order valence-corrected chi connectivity index (χ4v) is 4.02. The van der Waals surface area contributed by atoms with Gasteiger partial charge < -0.3 is 14.7 Å². The number of benzene rings is 2. The average molecular weight is 448 g/mol. The quantitative estimate of drug-likeness (QED) is 0.506. The molecular weight excluding hydrogens is 424 g/mol. The largest absolute Gasteiger partial charge is 0.480 e. The predicted molar refractivity (Wildman–Crippen MR) is 121 cm³/mol. The van der Waals surface area contributed by atoms with Crippen LogP contribution in [0.5, 0.6) is 0 Å². The molecule has 1 aliphatic rings. The highest BCUT2D eigenvalue weighted by Gasteiger charge is 2.29. The lowest BCUT2D eigenvalue weighted by molar-refractivity contribution is -0.138. The maximum atomic E-state index is 12.6. The van der Waals surface area contributed by atoms with Crippen molar-refractivity contribution < 1.29 is 24.2 Å². The predicted octanol–water partition coefficient (Wildman–Crippen LogP) is 3.71. The molecule has 0 saturated heterocycles. The smallest absolute Gasteiger partial charge is 0.412 e. The van der Waals surface area contributed by atoms with Crippen LogP contribution in [0, 0.1) is 0 Å². The lowest BCUT2D eigenvalue weighted by atomic mass is 9.98. The number of ether oxygens (including phenoxy) is 1. The highest BCUT2D eigenvalue weighted by Crippen LogP contribution is 2.44. The molecule has 2 aromatic carbocycles. The molecule has 0 atom stereocenters. The van der Waals surface area contributed by atoms with E-state index in [4.69, 9.17) is 9.84 Å². The van der Waals surface area contributed by atoms with Gasteiger partial charge in [0.25, 0.3) is 5.91 Å². The summed E-state index contributed by atoms with van der Waals surface area (Å²) in [6.07, 6.45) is -0.700. The van der Waals surface area contributed by atoms with Gasteiger partial charge in [0.2, 0.25) is 0 Å². The zero-order valence-electron chi connectivity index (χ0n) is 18.2. The third-order valence-electron chi connectivity index (χ3n) is 5.57. The van der Waals surface area contributed by atoms with E-state index < -0.39 is 24.5 Å². The first kappa shape index (κ1) is 22.1. The Morgan fingerprint density at radius 1 is 1.09 bits per heavy atom. The van der Waals surface area contributed by atoms with Gasteiger partial charge in [-0.05, 0) is 36.1 Å². The van der Waals surface area contributed by atoms with Gasteiger partial charge in [-0.2, -0.15) is 5.10 Å². The summed E-state index contributed by atoms with van der Waals surface area (Å²) in [5.74, 6) is -1.61. The molecule has 1 heterocycles. The first-order valence-electron chi connectivity index (χ1n) is 10.5. The molecule has 3 N–H and O–H groups in total. The molecule has 33 heavy (non-hydrogen) atoms. The number of hydrogen-bond donors (Lipinski definition) is 3. The van der Waals surface area contributed by atoms with Gasteiger partial charge in [0.1, 0.15) is 18.8 Å². The lowest BCUT2D eigenvalue weighted by Gasteiger charge is -2.23. The van der Waals surface area contributed by atoms with Crippen molar-refractivity contribution in [3.05, 3.63) is 71.4 Å². The Balaban J connectivity index is 1.40. The van der Waals surface area contributed by atoms with Crippen LogP contribution in [-0.4, -0.2) is 57.4 Å². The van der Waals surface area contributed by atoms with Gasteiger partial charge in [0.15, 0.2) is 5.82 Å². The molecule has 4 rings (SSSR count). The molecule has 0 spiro atoms. The number of hydrogen-bond acceptors (Lipinski definition) is 5. The van der Waals surface area contributed by atoms with Crippen LogP contribution in [0.3, 0.4) is 0 Å². The maximum Gasteiger partial charge on any atom is 0.412 e. The molecule has 1 aromatic heterocycles. The number of anilines is 1. The number of carbonyl (C=O) groups is 3. The van der Waals surface area contributed by atoms with Gasteiger partial charge in [0, 0.05) is 18.0 Å². The van der Waals surface area contributed by atoms with Gasteiger partial charge >= 0.3 is 12.1 Å². The van der Waals surface area contributed by atoms with Crippen molar-refractivity contribution in [1.29, 1.82) is 0 Å². The number of nitrogens with zero attached hydrogens (tertiary/aromatic N) is 2. The molecule has 9 nitrogen and oxygen atoms in total. The van der Waals surface area contributed by atoms with Crippen LogP contribution in [0.4, 0.5) is 10.6 Å². The molecule has 0 aliphatic heterocycles. The van der Waals surface area contributed by atoms with E-state index in [9.17, 15) is 14.4 Å². The van der Waals surface area contributed by atoms with Crippen LogP contribution in [-0.2, 0) is 9.53 Å². The number of nitrogens with one attached hydrogen (secondary N) is 2. The average Bonchev–Trinajstić information content (AvgIpc) is 3.38. The minimum absolute atomic E-state index is 0.0684. The first-order chi connectivity index (χ1) is 15.8. The fourth-order valence-electron chi connectivity index (χ4n) is 4.02. The molecule has 1 aliphatic carbocycles. The first-order valence-corrected chi connectivity index (χ1v) is 10.5. The van der Waals surface area contributed by atoms with Gasteiger partial charge in [0.05, 0.1) is 0 Å². The van der Waals surface area contributed by atoms with Crippen LogP contribution in [0.1, 0.15) is 41.4 Å². The number of carboxylic acids is 1. The summed E-state index contributed by atoms with van der Waals surface area (Å²) in [4.78, 5) is 37.2. The molecule has 9 heteroatoms. The molecule has 3 aromatic rings. The second-order valence-electron chi connectivity index (χ2n) is 8.04. The summed E-state index contributed by atoms with van der Waals surface area (Å²) in [5, 5.41) is 18.0. The molecule has 0 fully saturated rings. The van der Waals surface area contributed by atoms with Crippen LogP contribution in [0.25, 0.3) is 11.1 Å². The maximum absolute atomic E-state index is 12.6. The number of fused-ring (bicyclic) bond motifs is 3. The van der Waals surface area contributed by atoms with Crippen LogP contribution in [0.2, 0.25) is 0 Å². The Bertz CT molecular complexity index is 1160. The molecule has 0 radical (unpaired) electrons. The number of carboxylic acid groups (broad SMARTS) is 1. The highest BCUT2D eigenvalue weighted by molar-refractivity contribution is 5.96. The third kappa shape index (κ3) is 4.57. The van der Waals surface area contributed by atoms with E-state index in [1.165, 1.54) is 11.0 Å². The minimum Gasteiger partial charge on any atom is -0.480 e. The van der Waals surface area contributed by atoms with Crippen molar-refractivity contribution in [2.75, 3.05) is 18.5 Å². The molecule has 0 bridgehead atoms. The normalized spacial score (nSPS) is 12.2. The van der Waals surface area contributed by atoms with E-state index in [-0.39, 0.29) is 30.1 Å². The fraction of sp³-hybridized carbons (Fsp3) is 0.250. The lowest BCUT2D eigenvalue weighted by Crippen LogP contribution is -2.40. The Morgan fingerprint density at radius 3 is 2.27 bits per heavy atom. The second kappa shape index (κ2) is 9.15. The summed E-state index contributed by atoms with van der Waals surface area (Å²) >= 11 is 0. The number of aromatic nitrogens is 2. The van der Waals surface area contributed by atoms with Gasteiger partial charge in [-0.1, -0.05) is 48.5 Å². The number of amides is 2. The zero-order chi connectivity index (χ0) is 23.5. The summed E-state index contributed by atoms with van der Waals surface area (Å²) in [7, 11) is 0. The summed E-state index contributed by atoms with van der Waals surface area (Å²) < 4.78 is 5.47. The van der Waals surface area contributed by atoms with E-state index in [2.05, 4.69) is 27.6 Å². The van der Waals surface area contributed by atoms with E-state index in [1.807, 2.05) is 36.4 Å². The van der Waals surface area contributed by atoms with E-state index in [0.29, 0.717) is 0 Å². The zero-order valence-corrected chi connectivity index (χ0v) is 18.2. The third-order valence-corrected chi connectivity index (χ3v) is 5.57. The van der Waals surface area contributed by atoms with Gasteiger partial charge in [-0.3, -0.25) is 20.0 Å². The Labute approximate surface area is 190 Å². The van der Waals surface area contributed by atoms with Crippen LogP contribution >= 0.6 is 0 Å². The van der Waals surface area contributed by atoms with Gasteiger partial charge in [-0.25, -0.2) is 4.79 Å². The summed E-state index contributed by atoms with van der Waals surface area (Å²) in [6.45, 7) is 3.14. The van der Waals surface area contributed by atoms with Crippen molar-refractivity contribution in [3.63, 3.8) is 0 Å². The van der Waals surface area contributed by atoms with Crippen LogP contribution in [0.15, 0.2) is 54.6 Å². The Hall–Kier alpha value is -4.14. The minimum atomic E-state index is -1.12. The van der Waals surface area contributed by atoms with Crippen molar-refractivity contribution in [2.24, 2.45) is 0 Å². The molecular formula is C24H24N4O5. The number of carbonyl (C=O) groups excluding carboxylic acids is 2. The SMILES string of the molecule is CC(C)N(CC(=O)O)C(=O)c1cc(NC(=O)OCC2c3ccccc3-c3ccccc32)n[nH]1. The van der Waals surface area contributed by atoms with E-state index in [0.717, 1.165) is 22.3 Å². The van der Waals surface area contributed by atoms with Crippen molar-refractivity contribution in [1.82, 2.24) is 15.1 Å². The van der Waals surface area contributed by atoms with E-state index >= 15 is 0 Å². The van der Waals surface area contributed by atoms with Crippen molar-refractivity contribution in [2.45, 2.75) is 25.8 Å². The van der Waals surface area contributed by atoms with Crippen LogP contribution < -0.4 is 5.32 Å². The van der Waals surface area contributed by atoms with E-state index in [1.54, 1.807) is 13.8 Å². The number of aromatic amines is 1. The molecule has 2 amide bonds. The Kier molecular flexibility index (Phi) is 6.12. The second-order valence-corrected chi connectivity index (χ2v) is 8.04.